The number of benzene rings is 1. The van der Waals surface area contributed by atoms with Crippen molar-refractivity contribution >= 4 is 11.6 Å². The van der Waals surface area contributed by atoms with Crippen LogP contribution in [0.4, 0.5) is 0 Å². The van der Waals surface area contributed by atoms with Gasteiger partial charge in [0.25, 0.3) is 0 Å². The molecule has 0 unspecified atom stereocenters. The normalized spacial score (nSPS) is 14.2. The number of hydrogen-bond donors (Lipinski definition) is 1. The Balaban J connectivity index is 1.53. The van der Waals surface area contributed by atoms with E-state index in [1.54, 1.807) is 0 Å². The van der Waals surface area contributed by atoms with Crippen molar-refractivity contribution < 1.29 is 4.74 Å². The third kappa shape index (κ3) is 3.71. The molecule has 1 heterocycles. The SMILES string of the molecule is Clc1ccccc1OCc1ccc(CNC2CC2)cn1. The standard InChI is InChI=1S/C16H17ClN2O/c17-15-3-1-2-4-16(15)20-11-14-6-5-12(10-19-14)9-18-13-7-8-13/h1-6,10,13,18H,7-9,11H2. The summed E-state index contributed by atoms with van der Waals surface area (Å²) in [6, 6.07) is 12.3. The van der Waals surface area contributed by atoms with E-state index in [2.05, 4.69) is 16.4 Å². The topological polar surface area (TPSA) is 34.1 Å². The van der Waals surface area contributed by atoms with Crippen LogP contribution in [0.5, 0.6) is 5.75 Å². The summed E-state index contributed by atoms with van der Waals surface area (Å²) >= 11 is 6.04. The molecule has 1 aromatic heterocycles. The molecule has 0 bridgehead atoms. The van der Waals surface area contributed by atoms with Gasteiger partial charge in [0.1, 0.15) is 12.4 Å². The van der Waals surface area contributed by atoms with Gasteiger partial charge in [-0.3, -0.25) is 4.98 Å². The van der Waals surface area contributed by atoms with Crippen LogP contribution >= 0.6 is 11.6 Å². The Kier molecular flexibility index (Phi) is 4.19. The number of hydrogen-bond acceptors (Lipinski definition) is 3. The fraction of sp³-hybridized carbons (Fsp3) is 0.312. The number of aromatic nitrogens is 1. The third-order valence-electron chi connectivity index (χ3n) is 3.27. The molecule has 0 spiro atoms. The third-order valence-corrected chi connectivity index (χ3v) is 3.58. The molecule has 1 saturated carbocycles. The zero-order chi connectivity index (χ0) is 13.8. The van der Waals surface area contributed by atoms with Crippen molar-refractivity contribution in [1.82, 2.24) is 10.3 Å². The Morgan fingerprint density at radius 1 is 1.20 bits per heavy atom. The van der Waals surface area contributed by atoms with Crippen molar-refractivity contribution in [2.24, 2.45) is 0 Å². The number of rotatable bonds is 6. The van der Waals surface area contributed by atoms with Crippen molar-refractivity contribution in [3.05, 3.63) is 58.9 Å². The van der Waals surface area contributed by atoms with Gasteiger partial charge >= 0.3 is 0 Å². The summed E-state index contributed by atoms with van der Waals surface area (Å²) in [6.07, 6.45) is 4.51. The monoisotopic (exact) mass is 288 g/mol. The highest BCUT2D eigenvalue weighted by Gasteiger charge is 2.19. The van der Waals surface area contributed by atoms with Crippen LogP contribution < -0.4 is 10.1 Å². The lowest BCUT2D eigenvalue weighted by atomic mass is 10.2. The van der Waals surface area contributed by atoms with Gasteiger partial charge in [-0.1, -0.05) is 29.8 Å². The molecular weight excluding hydrogens is 272 g/mol. The highest BCUT2D eigenvalue weighted by molar-refractivity contribution is 6.32. The summed E-state index contributed by atoms with van der Waals surface area (Å²) < 4.78 is 5.66. The molecule has 4 heteroatoms. The zero-order valence-corrected chi connectivity index (χ0v) is 11.9. The highest BCUT2D eigenvalue weighted by atomic mass is 35.5. The van der Waals surface area contributed by atoms with Gasteiger partial charge in [-0.05, 0) is 36.6 Å². The van der Waals surface area contributed by atoms with Gasteiger partial charge < -0.3 is 10.1 Å². The van der Waals surface area contributed by atoms with Crippen LogP contribution in [-0.2, 0) is 13.2 Å². The van der Waals surface area contributed by atoms with Crippen molar-refractivity contribution in [2.75, 3.05) is 0 Å². The highest BCUT2D eigenvalue weighted by Crippen LogP contribution is 2.24. The van der Waals surface area contributed by atoms with Crippen molar-refractivity contribution in [1.29, 1.82) is 0 Å². The molecular formula is C16H17ClN2O. The predicted octanol–water partition coefficient (Wildman–Crippen LogP) is 3.57. The predicted molar refractivity (Wildman–Crippen MR) is 79.9 cm³/mol. The molecule has 2 aromatic rings. The number of pyridine rings is 1. The lowest BCUT2D eigenvalue weighted by Gasteiger charge is -2.08. The molecule has 0 radical (unpaired) electrons. The van der Waals surface area contributed by atoms with Crippen LogP contribution in [0.2, 0.25) is 5.02 Å². The van der Waals surface area contributed by atoms with Gasteiger partial charge in [-0.2, -0.15) is 0 Å². The number of ether oxygens (including phenoxy) is 1. The molecule has 3 rings (SSSR count). The van der Waals surface area contributed by atoms with E-state index in [-0.39, 0.29) is 0 Å². The van der Waals surface area contributed by atoms with E-state index in [1.165, 1.54) is 18.4 Å². The summed E-state index contributed by atoms with van der Waals surface area (Å²) in [5, 5.41) is 4.09. The largest absolute Gasteiger partial charge is 0.486 e. The Morgan fingerprint density at radius 3 is 2.75 bits per heavy atom. The maximum absolute atomic E-state index is 6.04. The fourth-order valence-electron chi connectivity index (χ4n) is 1.91. The maximum Gasteiger partial charge on any atom is 0.138 e. The second-order valence-corrected chi connectivity index (χ2v) is 5.44. The first-order chi connectivity index (χ1) is 9.81. The van der Waals surface area contributed by atoms with E-state index in [0.717, 1.165) is 18.3 Å². The molecule has 1 aliphatic rings. The zero-order valence-electron chi connectivity index (χ0n) is 11.2. The van der Waals surface area contributed by atoms with Crippen molar-refractivity contribution in [3.63, 3.8) is 0 Å². The number of nitrogens with zero attached hydrogens (tertiary/aromatic N) is 1. The summed E-state index contributed by atoms with van der Waals surface area (Å²) in [7, 11) is 0. The Bertz CT molecular complexity index is 567. The van der Waals surface area contributed by atoms with Crippen molar-refractivity contribution in [3.8, 4) is 5.75 Å². The molecule has 0 saturated heterocycles. The molecule has 3 nitrogen and oxygen atoms in total. The number of nitrogens with one attached hydrogen (secondary N) is 1. The van der Waals surface area contributed by atoms with Gasteiger partial charge in [-0.25, -0.2) is 0 Å². The Labute approximate surface area is 123 Å². The van der Waals surface area contributed by atoms with Crippen LogP contribution in [0.15, 0.2) is 42.6 Å². The molecule has 104 valence electrons. The second kappa shape index (κ2) is 6.25. The summed E-state index contributed by atoms with van der Waals surface area (Å²) in [5.74, 6) is 0.690. The molecule has 0 amide bonds. The van der Waals surface area contributed by atoms with E-state index in [0.29, 0.717) is 17.4 Å². The molecule has 1 aromatic carbocycles. The fourth-order valence-corrected chi connectivity index (χ4v) is 2.10. The van der Waals surface area contributed by atoms with E-state index in [9.17, 15) is 0 Å². The molecule has 1 fully saturated rings. The Morgan fingerprint density at radius 2 is 2.05 bits per heavy atom. The minimum absolute atomic E-state index is 0.431. The lowest BCUT2D eigenvalue weighted by molar-refractivity contribution is 0.301. The van der Waals surface area contributed by atoms with Crippen LogP contribution in [-0.4, -0.2) is 11.0 Å². The first-order valence-electron chi connectivity index (χ1n) is 6.86. The molecule has 20 heavy (non-hydrogen) atoms. The van der Waals surface area contributed by atoms with E-state index >= 15 is 0 Å². The van der Waals surface area contributed by atoms with Gasteiger partial charge in [0.05, 0.1) is 10.7 Å². The van der Waals surface area contributed by atoms with Gasteiger partial charge in [-0.15, -0.1) is 0 Å². The number of halogens is 1. The first kappa shape index (κ1) is 13.4. The minimum Gasteiger partial charge on any atom is -0.486 e. The van der Waals surface area contributed by atoms with Gasteiger partial charge in [0.15, 0.2) is 0 Å². The summed E-state index contributed by atoms with van der Waals surface area (Å²) in [6.45, 7) is 1.32. The lowest BCUT2D eigenvalue weighted by Crippen LogP contribution is -2.15. The van der Waals surface area contributed by atoms with Gasteiger partial charge in [0, 0.05) is 18.8 Å². The van der Waals surface area contributed by atoms with E-state index in [1.807, 2.05) is 36.5 Å². The van der Waals surface area contributed by atoms with Crippen LogP contribution in [0.25, 0.3) is 0 Å². The summed E-state index contributed by atoms with van der Waals surface area (Å²) in [5.41, 5.74) is 2.11. The minimum atomic E-state index is 0.431. The average molecular weight is 289 g/mol. The molecule has 0 atom stereocenters. The van der Waals surface area contributed by atoms with Crippen molar-refractivity contribution in [2.45, 2.75) is 32.0 Å². The first-order valence-corrected chi connectivity index (χ1v) is 7.23. The smallest absolute Gasteiger partial charge is 0.138 e. The molecule has 1 aliphatic carbocycles. The summed E-state index contributed by atoms with van der Waals surface area (Å²) in [4.78, 5) is 4.41. The number of para-hydroxylation sites is 1. The quantitative estimate of drug-likeness (QED) is 0.882. The second-order valence-electron chi connectivity index (χ2n) is 5.03. The van der Waals surface area contributed by atoms with Crippen LogP contribution in [0.1, 0.15) is 24.1 Å². The van der Waals surface area contributed by atoms with E-state index < -0.39 is 0 Å². The maximum atomic E-state index is 6.04. The molecule has 0 aliphatic heterocycles. The van der Waals surface area contributed by atoms with Crippen LogP contribution in [0.3, 0.4) is 0 Å². The van der Waals surface area contributed by atoms with Crippen LogP contribution in [0, 0.1) is 0 Å². The average Bonchev–Trinajstić information content (AvgIpc) is 3.30. The van der Waals surface area contributed by atoms with E-state index in [4.69, 9.17) is 16.3 Å². The van der Waals surface area contributed by atoms with Gasteiger partial charge in [0.2, 0.25) is 0 Å². The Hall–Kier alpha value is -1.58. The molecule has 1 N–H and O–H groups in total.